The number of aromatic nitrogens is 1. The van der Waals surface area contributed by atoms with Gasteiger partial charge in [-0.1, -0.05) is 35.0 Å². The first-order valence-electron chi connectivity index (χ1n) is 4.88. The molecule has 0 aliphatic heterocycles. The van der Waals surface area contributed by atoms with Crippen LogP contribution in [-0.2, 0) is 0 Å². The van der Waals surface area contributed by atoms with Gasteiger partial charge in [-0.3, -0.25) is 0 Å². The van der Waals surface area contributed by atoms with Gasteiger partial charge in [0.2, 0.25) is 0 Å². The van der Waals surface area contributed by atoms with Crippen molar-refractivity contribution >= 4 is 40.9 Å². The number of aromatic carboxylic acids is 1. The van der Waals surface area contributed by atoms with Crippen LogP contribution in [0.15, 0.2) is 46.5 Å². The molecular formula is C12H7Cl2NO2S. The van der Waals surface area contributed by atoms with Crippen molar-refractivity contribution in [1.82, 2.24) is 4.98 Å². The minimum absolute atomic E-state index is 0.201. The summed E-state index contributed by atoms with van der Waals surface area (Å²) in [6, 6.07) is 8.15. The molecular weight excluding hydrogens is 293 g/mol. The van der Waals surface area contributed by atoms with Crippen molar-refractivity contribution in [2.75, 3.05) is 0 Å². The molecule has 0 aliphatic rings. The number of hydrogen-bond acceptors (Lipinski definition) is 3. The Morgan fingerprint density at radius 2 is 1.94 bits per heavy atom. The molecule has 0 unspecified atom stereocenters. The fraction of sp³-hybridized carbons (Fsp3) is 0. The van der Waals surface area contributed by atoms with Gasteiger partial charge in [0, 0.05) is 11.1 Å². The molecule has 18 heavy (non-hydrogen) atoms. The van der Waals surface area contributed by atoms with Crippen molar-refractivity contribution in [3.8, 4) is 0 Å². The number of rotatable bonds is 3. The average Bonchev–Trinajstić information content (AvgIpc) is 2.34. The molecule has 1 aromatic heterocycles. The lowest BCUT2D eigenvalue weighted by molar-refractivity contribution is 0.0696. The third kappa shape index (κ3) is 3.16. The predicted molar refractivity (Wildman–Crippen MR) is 71.8 cm³/mol. The van der Waals surface area contributed by atoms with Gasteiger partial charge in [-0.05, 0) is 30.3 Å². The molecule has 1 N–H and O–H groups in total. The number of carbonyl (C=O) groups is 1. The summed E-state index contributed by atoms with van der Waals surface area (Å²) in [5.41, 5.74) is 0.201. The van der Waals surface area contributed by atoms with E-state index < -0.39 is 5.97 Å². The Morgan fingerprint density at radius 1 is 1.17 bits per heavy atom. The van der Waals surface area contributed by atoms with Crippen molar-refractivity contribution in [3.63, 3.8) is 0 Å². The molecule has 0 aliphatic carbocycles. The summed E-state index contributed by atoms with van der Waals surface area (Å²) in [7, 11) is 0. The van der Waals surface area contributed by atoms with Crippen LogP contribution in [0.25, 0.3) is 0 Å². The number of hydrogen-bond donors (Lipinski definition) is 1. The highest BCUT2D eigenvalue weighted by Crippen LogP contribution is 2.31. The summed E-state index contributed by atoms with van der Waals surface area (Å²) < 4.78 is 0. The Morgan fingerprint density at radius 3 is 2.61 bits per heavy atom. The smallest absolute Gasteiger partial charge is 0.335 e. The summed E-state index contributed by atoms with van der Waals surface area (Å²) in [6.07, 6.45) is 1.46. The fourth-order valence-corrected chi connectivity index (χ4v) is 2.48. The number of pyridine rings is 1. The first-order valence-corrected chi connectivity index (χ1v) is 6.46. The highest BCUT2D eigenvalue weighted by molar-refractivity contribution is 7.99. The molecule has 0 fully saturated rings. The third-order valence-electron chi connectivity index (χ3n) is 2.10. The Kier molecular flexibility index (Phi) is 4.11. The molecule has 0 saturated heterocycles. The molecule has 2 rings (SSSR count). The van der Waals surface area contributed by atoms with Gasteiger partial charge in [-0.2, -0.15) is 0 Å². The average molecular weight is 300 g/mol. The lowest BCUT2D eigenvalue weighted by Crippen LogP contribution is -1.96. The Balaban J connectivity index is 2.25. The van der Waals surface area contributed by atoms with E-state index in [4.69, 9.17) is 28.3 Å². The molecule has 0 bridgehead atoms. The van der Waals surface area contributed by atoms with Gasteiger partial charge in [-0.15, -0.1) is 0 Å². The Hall–Kier alpha value is -1.23. The molecule has 0 amide bonds. The van der Waals surface area contributed by atoms with Crippen LogP contribution in [0.5, 0.6) is 0 Å². The maximum absolute atomic E-state index is 10.8. The maximum atomic E-state index is 10.8. The highest BCUT2D eigenvalue weighted by atomic mass is 35.5. The second-order valence-electron chi connectivity index (χ2n) is 3.37. The van der Waals surface area contributed by atoms with E-state index in [0.717, 1.165) is 4.90 Å². The van der Waals surface area contributed by atoms with Crippen molar-refractivity contribution in [3.05, 3.63) is 52.1 Å². The molecule has 0 atom stereocenters. The lowest BCUT2D eigenvalue weighted by Gasteiger charge is -2.03. The van der Waals surface area contributed by atoms with Gasteiger partial charge >= 0.3 is 5.97 Å². The van der Waals surface area contributed by atoms with E-state index in [1.807, 2.05) is 0 Å². The number of benzene rings is 1. The minimum Gasteiger partial charge on any atom is -0.478 e. The lowest BCUT2D eigenvalue weighted by atomic mass is 10.3. The largest absolute Gasteiger partial charge is 0.478 e. The number of nitrogens with zero attached hydrogens (tertiary/aromatic N) is 1. The van der Waals surface area contributed by atoms with Crippen LogP contribution in [0.4, 0.5) is 0 Å². The Bertz CT molecular complexity index is 604. The zero-order valence-electron chi connectivity index (χ0n) is 8.93. The first-order chi connectivity index (χ1) is 8.56. The van der Waals surface area contributed by atoms with Crippen LogP contribution in [-0.4, -0.2) is 16.1 Å². The van der Waals surface area contributed by atoms with Crippen LogP contribution in [0, 0.1) is 0 Å². The van der Waals surface area contributed by atoms with Gasteiger partial charge in [-0.25, -0.2) is 9.78 Å². The van der Waals surface area contributed by atoms with Gasteiger partial charge in [0.1, 0.15) is 5.03 Å². The van der Waals surface area contributed by atoms with Gasteiger partial charge < -0.3 is 5.11 Å². The van der Waals surface area contributed by atoms with Crippen molar-refractivity contribution < 1.29 is 9.90 Å². The third-order valence-corrected chi connectivity index (χ3v) is 3.76. The summed E-state index contributed by atoms with van der Waals surface area (Å²) in [5, 5.41) is 10.4. The molecule has 3 nitrogen and oxygen atoms in total. The minimum atomic E-state index is -0.978. The second-order valence-corrected chi connectivity index (χ2v) is 5.27. The number of carboxylic acids is 1. The normalized spacial score (nSPS) is 10.3. The van der Waals surface area contributed by atoms with E-state index in [0.29, 0.717) is 15.1 Å². The maximum Gasteiger partial charge on any atom is 0.335 e. The van der Waals surface area contributed by atoms with Gasteiger partial charge in [0.25, 0.3) is 0 Å². The zero-order chi connectivity index (χ0) is 13.1. The number of halogens is 2. The topological polar surface area (TPSA) is 50.2 Å². The second kappa shape index (κ2) is 5.61. The molecule has 0 spiro atoms. The zero-order valence-corrected chi connectivity index (χ0v) is 11.3. The quantitative estimate of drug-likeness (QED) is 0.921. The molecule has 6 heteroatoms. The van der Waals surface area contributed by atoms with E-state index >= 15 is 0 Å². The van der Waals surface area contributed by atoms with E-state index in [2.05, 4.69) is 4.98 Å². The SMILES string of the molecule is O=C(O)c1ccnc(Sc2ccc(Cl)c(Cl)c2)c1. The molecule has 92 valence electrons. The summed E-state index contributed by atoms with van der Waals surface area (Å²) in [6.45, 7) is 0. The summed E-state index contributed by atoms with van der Waals surface area (Å²) in [5.74, 6) is -0.978. The number of carboxylic acid groups (broad SMARTS) is 1. The monoisotopic (exact) mass is 299 g/mol. The first kappa shape index (κ1) is 13.2. The fourth-order valence-electron chi connectivity index (χ4n) is 1.26. The Labute approximate surface area is 118 Å². The van der Waals surface area contributed by atoms with Crippen LogP contribution < -0.4 is 0 Å². The molecule has 2 aromatic rings. The van der Waals surface area contributed by atoms with E-state index in [-0.39, 0.29) is 5.56 Å². The standard InChI is InChI=1S/C12H7Cl2NO2S/c13-9-2-1-8(6-10(9)14)18-11-5-7(12(16)17)3-4-15-11/h1-6H,(H,16,17). The van der Waals surface area contributed by atoms with Crippen molar-refractivity contribution in [1.29, 1.82) is 0 Å². The van der Waals surface area contributed by atoms with Crippen LogP contribution in [0.3, 0.4) is 0 Å². The van der Waals surface area contributed by atoms with E-state index in [1.165, 1.54) is 30.1 Å². The molecule has 1 aromatic carbocycles. The van der Waals surface area contributed by atoms with Gasteiger partial charge in [0.05, 0.1) is 15.6 Å². The molecule has 0 saturated carbocycles. The van der Waals surface area contributed by atoms with Crippen molar-refractivity contribution in [2.45, 2.75) is 9.92 Å². The predicted octanol–water partition coefficient (Wildman–Crippen LogP) is 4.24. The van der Waals surface area contributed by atoms with E-state index in [1.54, 1.807) is 18.2 Å². The van der Waals surface area contributed by atoms with Crippen LogP contribution in [0.1, 0.15) is 10.4 Å². The summed E-state index contributed by atoms with van der Waals surface area (Å²) >= 11 is 13.0. The van der Waals surface area contributed by atoms with Crippen molar-refractivity contribution in [2.24, 2.45) is 0 Å². The summed E-state index contributed by atoms with van der Waals surface area (Å²) in [4.78, 5) is 15.8. The highest BCUT2D eigenvalue weighted by Gasteiger charge is 2.06. The van der Waals surface area contributed by atoms with Gasteiger partial charge in [0.15, 0.2) is 0 Å². The van der Waals surface area contributed by atoms with Crippen LogP contribution in [0.2, 0.25) is 10.0 Å². The molecule has 0 radical (unpaired) electrons. The van der Waals surface area contributed by atoms with Crippen LogP contribution >= 0.6 is 35.0 Å². The van der Waals surface area contributed by atoms with E-state index in [9.17, 15) is 4.79 Å². The molecule has 1 heterocycles.